The molecule has 0 amide bonds. The molecule has 0 saturated carbocycles. The fourth-order valence-corrected chi connectivity index (χ4v) is 0.910. The minimum Gasteiger partial charge on any atom is -0.227 e. The van der Waals surface area contributed by atoms with E-state index >= 15 is 0 Å². The first-order valence-corrected chi connectivity index (χ1v) is 4.07. The molecule has 0 fully saturated rings. The van der Waals surface area contributed by atoms with Crippen LogP contribution < -0.4 is 0 Å². The number of hydrogen-bond acceptors (Lipinski definition) is 1. The van der Waals surface area contributed by atoms with Gasteiger partial charge < -0.3 is 0 Å². The zero-order chi connectivity index (χ0) is 6.41. The fourth-order valence-electron chi connectivity index (χ4n) is 0.470. The molecule has 3 heteroatoms. The van der Waals surface area contributed by atoms with E-state index in [0.29, 0.717) is 5.75 Å². The molecule has 0 bridgehead atoms. The monoisotopic (exact) mass is 135 g/mol. The minimum atomic E-state index is -1.82. The normalized spacial score (nSPS) is 13.8. The van der Waals surface area contributed by atoms with Crippen LogP contribution in [-0.2, 0) is 15.6 Å². The van der Waals surface area contributed by atoms with Gasteiger partial charge in [0.05, 0.1) is 5.75 Å². The first-order chi connectivity index (χ1) is 3.77. The van der Waals surface area contributed by atoms with Crippen LogP contribution in [0, 0.1) is 0 Å². The fraction of sp³-hybridized carbons (Fsp3) is 1.00. The molecule has 0 aliphatic carbocycles. The summed E-state index contributed by atoms with van der Waals surface area (Å²) in [6.45, 7) is 2.05. The Morgan fingerprint density at radius 2 is 2.00 bits per heavy atom. The van der Waals surface area contributed by atoms with Crippen molar-refractivity contribution in [2.45, 2.75) is 26.2 Å². The molecule has 0 spiro atoms. The van der Waals surface area contributed by atoms with Gasteiger partial charge in [0.1, 0.15) is 0 Å². The van der Waals surface area contributed by atoms with Gasteiger partial charge in [0, 0.05) is 0 Å². The van der Waals surface area contributed by atoms with Gasteiger partial charge in [0.25, 0.3) is 0 Å². The summed E-state index contributed by atoms with van der Waals surface area (Å²) in [5.74, 6) is 0.327. The Kier molecular flexibility index (Phi) is 5.32. The summed E-state index contributed by atoms with van der Waals surface area (Å²) in [6, 6.07) is 0. The van der Waals surface area contributed by atoms with Crippen LogP contribution in [0.15, 0.2) is 0 Å². The lowest BCUT2D eigenvalue weighted by atomic mass is 10.3. The molecule has 0 aliphatic heterocycles. The molecule has 1 atom stereocenters. The third-order valence-electron chi connectivity index (χ3n) is 0.915. The van der Waals surface area contributed by atoms with Crippen LogP contribution in [0.2, 0.25) is 0 Å². The van der Waals surface area contributed by atoms with Crippen LogP contribution >= 0.6 is 0 Å². The Bertz CT molecular complexity index is 72.8. The summed E-state index contributed by atoms with van der Waals surface area (Å²) in [7, 11) is 0. The molecular weight excluding hydrogens is 124 g/mol. The average molecular weight is 135 g/mol. The molecule has 1 unspecified atom stereocenters. The molecule has 0 N–H and O–H groups in total. The largest absolute Gasteiger partial charge is 0.227 e. The maximum Gasteiger partial charge on any atom is 0.188 e. The highest BCUT2D eigenvalue weighted by molar-refractivity contribution is 7.78. The molecule has 2 nitrogen and oxygen atoms in total. The van der Waals surface area contributed by atoms with Crippen LogP contribution in [0.3, 0.4) is 0 Å². The van der Waals surface area contributed by atoms with Gasteiger partial charge in [-0.05, 0) is 6.42 Å². The molecule has 0 aromatic carbocycles. The van der Waals surface area contributed by atoms with Crippen molar-refractivity contribution in [2.75, 3.05) is 5.75 Å². The molecule has 0 rings (SSSR count). The predicted molar refractivity (Wildman–Crippen MR) is 33.2 cm³/mol. The second-order valence-electron chi connectivity index (χ2n) is 1.71. The van der Waals surface area contributed by atoms with Gasteiger partial charge in [-0.3, -0.25) is 0 Å². The van der Waals surface area contributed by atoms with Crippen molar-refractivity contribution < 1.29 is 8.76 Å². The van der Waals surface area contributed by atoms with Gasteiger partial charge in [-0.25, -0.2) is 4.21 Å². The maximum absolute atomic E-state index is 9.87. The van der Waals surface area contributed by atoms with E-state index in [1.807, 2.05) is 6.92 Å². The van der Waals surface area contributed by atoms with Crippen molar-refractivity contribution in [3.05, 3.63) is 0 Å². The lowest BCUT2D eigenvalue weighted by Gasteiger charge is -1.89. The van der Waals surface area contributed by atoms with Gasteiger partial charge in [-0.15, -0.1) is 4.55 Å². The Balaban J connectivity index is 2.82. The van der Waals surface area contributed by atoms with Crippen LogP contribution in [0.25, 0.3) is 0 Å². The molecule has 0 saturated heterocycles. The van der Waals surface area contributed by atoms with Gasteiger partial charge in [-0.2, -0.15) is 0 Å². The van der Waals surface area contributed by atoms with E-state index in [1.165, 1.54) is 0 Å². The number of unbranched alkanes of at least 4 members (excludes halogenated alkanes) is 2. The van der Waals surface area contributed by atoms with Crippen LogP contribution in [0.4, 0.5) is 0 Å². The average Bonchev–Trinajstić information content (AvgIpc) is 1.66. The van der Waals surface area contributed by atoms with Crippen molar-refractivity contribution >= 4 is 11.1 Å². The summed E-state index contributed by atoms with van der Waals surface area (Å²) in [6.07, 6.45) is 2.91. The second-order valence-corrected chi connectivity index (χ2v) is 2.73. The Hall–Kier alpha value is 0.110. The molecule has 0 heterocycles. The van der Waals surface area contributed by atoms with E-state index < -0.39 is 11.1 Å². The van der Waals surface area contributed by atoms with Crippen molar-refractivity contribution in [1.82, 2.24) is 0 Å². The van der Waals surface area contributed by atoms with E-state index in [1.54, 1.807) is 0 Å². The van der Waals surface area contributed by atoms with Crippen LogP contribution in [-0.4, -0.2) is 9.96 Å². The van der Waals surface area contributed by atoms with Crippen LogP contribution in [0.5, 0.6) is 0 Å². The minimum absolute atomic E-state index is 0.327. The molecule has 0 aromatic rings. The summed E-state index contributed by atoms with van der Waals surface area (Å²) < 4.78 is 19.7. The number of rotatable bonds is 4. The zero-order valence-corrected chi connectivity index (χ0v) is 5.87. The Morgan fingerprint density at radius 1 is 1.38 bits per heavy atom. The Labute approximate surface area is 52.6 Å². The lowest BCUT2D eigenvalue weighted by molar-refractivity contribution is 0.471. The highest BCUT2D eigenvalue weighted by Gasteiger charge is 1.92. The first-order valence-electron chi connectivity index (χ1n) is 2.83. The van der Waals surface area contributed by atoms with E-state index in [2.05, 4.69) is 0 Å². The molecule has 1 radical (unpaired) electrons. The van der Waals surface area contributed by atoms with Gasteiger partial charge in [0.15, 0.2) is 11.1 Å². The van der Waals surface area contributed by atoms with E-state index in [0.717, 1.165) is 19.3 Å². The van der Waals surface area contributed by atoms with Crippen LogP contribution in [0.1, 0.15) is 26.2 Å². The van der Waals surface area contributed by atoms with Crippen molar-refractivity contribution in [1.29, 1.82) is 0 Å². The highest BCUT2D eigenvalue weighted by Crippen LogP contribution is 1.93. The van der Waals surface area contributed by atoms with Gasteiger partial charge in [0.2, 0.25) is 0 Å². The lowest BCUT2D eigenvalue weighted by Crippen LogP contribution is -1.91. The van der Waals surface area contributed by atoms with Crippen molar-refractivity contribution in [3.8, 4) is 0 Å². The molecule has 0 aromatic heterocycles. The van der Waals surface area contributed by atoms with E-state index in [4.69, 9.17) is 0 Å². The standard InChI is InChI=1S/C5H11O2S/c1-2-3-4-5-8(6)7/h2-5H2,1H3. The van der Waals surface area contributed by atoms with Crippen molar-refractivity contribution in [3.63, 3.8) is 0 Å². The zero-order valence-electron chi connectivity index (χ0n) is 5.05. The summed E-state index contributed by atoms with van der Waals surface area (Å²) in [5, 5.41) is 0. The van der Waals surface area contributed by atoms with Gasteiger partial charge >= 0.3 is 0 Å². The predicted octanol–water partition coefficient (Wildman–Crippen LogP) is 1.27. The summed E-state index contributed by atoms with van der Waals surface area (Å²) in [5.41, 5.74) is 0. The summed E-state index contributed by atoms with van der Waals surface area (Å²) >= 11 is -1.82. The molecule has 8 heavy (non-hydrogen) atoms. The second kappa shape index (κ2) is 5.25. The molecule has 0 aliphatic rings. The quantitative estimate of drug-likeness (QED) is 0.535. The SMILES string of the molecule is CCCCCS([O])=O. The Morgan fingerprint density at radius 3 is 2.38 bits per heavy atom. The third kappa shape index (κ3) is 6.11. The van der Waals surface area contributed by atoms with Gasteiger partial charge in [-0.1, -0.05) is 19.8 Å². The van der Waals surface area contributed by atoms with Crippen molar-refractivity contribution in [2.24, 2.45) is 0 Å². The molecular formula is C5H11O2S. The maximum atomic E-state index is 9.87. The highest BCUT2D eigenvalue weighted by atomic mass is 32.2. The van der Waals surface area contributed by atoms with E-state index in [9.17, 15) is 8.76 Å². The summed E-state index contributed by atoms with van der Waals surface area (Å²) in [4.78, 5) is 0. The first kappa shape index (κ1) is 8.11. The number of hydrogen-bond donors (Lipinski definition) is 0. The third-order valence-corrected chi connectivity index (χ3v) is 1.54. The topological polar surface area (TPSA) is 37.0 Å². The smallest absolute Gasteiger partial charge is 0.188 e. The molecule has 49 valence electrons. The van der Waals surface area contributed by atoms with E-state index in [-0.39, 0.29) is 0 Å².